The van der Waals surface area contributed by atoms with E-state index < -0.39 is 0 Å². The maximum Gasteiger partial charge on any atom is 0.223 e. The van der Waals surface area contributed by atoms with Gasteiger partial charge in [0.05, 0.1) is 6.10 Å². The predicted octanol–water partition coefficient (Wildman–Crippen LogP) is 1.47. The number of hydrogen-bond acceptors (Lipinski definition) is 3. The molecule has 0 unspecified atom stereocenters. The van der Waals surface area contributed by atoms with E-state index in [9.17, 15) is 9.90 Å². The van der Waals surface area contributed by atoms with Crippen LogP contribution < -0.4 is 5.32 Å². The van der Waals surface area contributed by atoms with Gasteiger partial charge in [0, 0.05) is 25.7 Å². The molecule has 0 atom stereocenters. The van der Waals surface area contributed by atoms with Gasteiger partial charge in [-0.1, -0.05) is 0 Å². The third-order valence-electron chi connectivity index (χ3n) is 4.26. The van der Waals surface area contributed by atoms with E-state index in [0.29, 0.717) is 5.92 Å². The molecule has 4 heteroatoms. The second-order valence-corrected chi connectivity index (χ2v) is 5.64. The maximum absolute atomic E-state index is 11.9. The first kappa shape index (κ1) is 13.8. The van der Waals surface area contributed by atoms with E-state index in [-0.39, 0.29) is 17.9 Å². The molecule has 2 rings (SSSR count). The van der Waals surface area contributed by atoms with Crippen LogP contribution in [0.4, 0.5) is 0 Å². The minimum Gasteiger partial charge on any atom is -0.393 e. The molecule has 104 valence electrons. The Bertz CT molecular complexity index is 256. The number of rotatable bonds is 4. The summed E-state index contributed by atoms with van der Waals surface area (Å²) in [6, 6.07) is 0. The third-order valence-corrected chi connectivity index (χ3v) is 4.26. The molecule has 0 aromatic carbocycles. The van der Waals surface area contributed by atoms with Crippen molar-refractivity contribution in [2.75, 3.05) is 19.8 Å². The van der Waals surface area contributed by atoms with E-state index >= 15 is 0 Å². The number of nitrogens with one attached hydrogen (secondary N) is 1. The molecule has 1 saturated heterocycles. The van der Waals surface area contributed by atoms with Crippen LogP contribution in [0.15, 0.2) is 0 Å². The average Bonchev–Trinajstić information content (AvgIpc) is 2.40. The van der Waals surface area contributed by atoms with Crippen LogP contribution >= 0.6 is 0 Å². The van der Waals surface area contributed by atoms with Crippen molar-refractivity contribution in [3.8, 4) is 0 Å². The minimum absolute atomic E-state index is 0.128. The Hall–Kier alpha value is -0.610. The molecule has 1 aliphatic heterocycles. The van der Waals surface area contributed by atoms with Crippen molar-refractivity contribution in [2.24, 2.45) is 11.8 Å². The highest BCUT2D eigenvalue weighted by molar-refractivity contribution is 5.78. The highest BCUT2D eigenvalue weighted by atomic mass is 16.5. The van der Waals surface area contributed by atoms with Gasteiger partial charge in [-0.3, -0.25) is 4.79 Å². The van der Waals surface area contributed by atoms with Crippen LogP contribution in [0.1, 0.15) is 44.9 Å². The molecule has 0 aromatic heterocycles. The lowest BCUT2D eigenvalue weighted by molar-refractivity contribution is -0.126. The number of carbonyl (C=O) groups excluding carboxylic acids is 1. The molecule has 1 aliphatic carbocycles. The van der Waals surface area contributed by atoms with Gasteiger partial charge < -0.3 is 15.2 Å². The first-order chi connectivity index (χ1) is 8.75. The molecule has 2 fully saturated rings. The Morgan fingerprint density at radius 3 is 2.44 bits per heavy atom. The number of amides is 1. The van der Waals surface area contributed by atoms with Crippen LogP contribution in [0.3, 0.4) is 0 Å². The summed E-state index contributed by atoms with van der Waals surface area (Å²) in [6.45, 7) is 2.54. The van der Waals surface area contributed by atoms with Gasteiger partial charge in [-0.05, 0) is 50.9 Å². The Morgan fingerprint density at radius 2 is 1.78 bits per heavy atom. The molecule has 1 heterocycles. The molecule has 4 nitrogen and oxygen atoms in total. The van der Waals surface area contributed by atoms with E-state index in [2.05, 4.69) is 5.32 Å². The standard InChI is InChI=1S/C14H25NO3/c16-13-3-1-12(2-4-13)14(17)15-8-5-11-6-9-18-10-7-11/h11-13,16H,1-10H2,(H,15,17). The van der Waals surface area contributed by atoms with Crippen molar-refractivity contribution in [1.82, 2.24) is 5.32 Å². The van der Waals surface area contributed by atoms with Crippen LogP contribution in [0.25, 0.3) is 0 Å². The van der Waals surface area contributed by atoms with Crippen molar-refractivity contribution < 1.29 is 14.6 Å². The van der Waals surface area contributed by atoms with Gasteiger partial charge in [0.15, 0.2) is 0 Å². The van der Waals surface area contributed by atoms with Crippen LogP contribution in [0.5, 0.6) is 0 Å². The summed E-state index contributed by atoms with van der Waals surface area (Å²) < 4.78 is 5.32. The Balaban J connectivity index is 1.59. The number of carbonyl (C=O) groups is 1. The van der Waals surface area contributed by atoms with Gasteiger partial charge in [0.2, 0.25) is 5.91 Å². The van der Waals surface area contributed by atoms with Gasteiger partial charge in [0.1, 0.15) is 0 Å². The smallest absolute Gasteiger partial charge is 0.223 e. The minimum atomic E-state index is -0.184. The van der Waals surface area contributed by atoms with Gasteiger partial charge in [-0.15, -0.1) is 0 Å². The summed E-state index contributed by atoms with van der Waals surface area (Å²) in [5.74, 6) is 1.03. The SMILES string of the molecule is O=C(NCCC1CCOCC1)C1CCC(O)CC1. The van der Waals surface area contributed by atoms with E-state index in [1.807, 2.05) is 0 Å². The molecule has 1 saturated carbocycles. The van der Waals surface area contributed by atoms with Crippen LogP contribution in [0, 0.1) is 11.8 Å². The predicted molar refractivity (Wildman–Crippen MR) is 69.1 cm³/mol. The number of aliphatic hydroxyl groups excluding tert-OH is 1. The highest BCUT2D eigenvalue weighted by Crippen LogP contribution is 2.24. The van der Waals surface area contributed by atoms with E-state index in [0.717, 1.165) is 64.7 Å². The van der Waals surface area contributed by atoms with Crippen LogP contribution in [0.2, 0.25) is 0 Å². The van der Waals surface area contributed by atoms with E-state index in [4.69, 9.17) is 4.74 Å². The topological polar surface area (TPSA) is 58.6 Å². The largest absolute Gasteiger partial charge is 0.393 e. The van der Waals surface area contributed by atoms with Gasteiger partial charge in [-0.2, -0.15) is 0 Å². The molecular formula is C14H25NO3. The lowest BCUT2D eigenvalue weighted by Gasteiger charge is -2.25. The van der Waals surface area contributed by atoms with Crippen molar-refractivity contribution in [3.63, 3.8) is 0 Å². The van der Waals surface area contributed by atoms with E-state index in [1.165, 1.54) is 0 Å². The monoisotopic (exact) mass is 255 g/mol. The normalized spacial score (nSPS) is 30.1. The lowest BCUT2D eigenvalue weighted by Crippen LogP contribution is -2.35. The van der Waals surface area contributed by atoms with Crippen molar-refractivity contribution in [1.29, 1.82) is 0 Å². The summed E-state index contributed by atoms with van der Waals surface area (Å²) in [4.78, 5) is 11.9. The third kappa shape index (κ3) is 4.25. The summed E-state index contributed by atoms with van der Waals surface area (Å²) in [6.07, 6.45) is 6.38. The fourth-order valence-electron chi connectivity index (χ4n) is 2.92. The quantitative estimate of drug-likeness (QED) is 0.800. The highest BCUT2D eigenvalue weighted by Gasteiger charge is 2.25. The van der Waals surface area contributed by atoms with Crippen LogP contribution in [-0.2, 0) is 9.53 Å². The zero-order valence-corrected chi connectivity index (χ0v) is 11.1. The molecule has 0 bridgehead atoms. The first-order valence-electron chi connectivity index (χ1n) is 7.29. The van der Waals surface area contributed by atoms with Crippen molar-refractivity contribution in [2.45, 2.75) is 51.0 Å². The van der Waals surface area contributed by atoms with Crippen molar-refractivity contribution >= 4 is 5.91 Å². The summed E-state index contributed by atoms with van der Waals surface area (Å²) in [5.41, 5.74) is 0. The fourth-order valence-corrected chi connectivity index (χ4v) is 2.92. The molecule has 2 aliphatic rings. The van der Waals surface area contributed by atoms with Crippen LogP contribution in [-0.4, -0.2) is 36.9 Å². The molecule has 2 N–H and O–H groups in total. The Kier molecular flexibility index (Phi) is 5.45. The number of hydrogen-bond donors (Lipinski definition) is 2. The second-order valence-electron chi connectivity index (χ2n) is 5.64. The maximum atomic E-state index is 11.9. The molecule has 0 aromatic rings. The number of aliphatic hydroxyl groups is 1. The first-order valence-corrected chi connectivity index (χ1v) is 7.29. The summed E-state index contributed by atoms with van der Waals surface area (Å²) in [7, 11) is 0. The van der Waals surface area contributed by atoms with Gasteiger partial charge in [-0.25, -0.2) is 0 Å². The molecular weight excluding hydrogens is 230 g/mol. The van der Waals surface area contributed by atoms with E-state index in [1.54, 1.807) is 0 Å². The van der Waals surface area contributed by atoms with Gasteiger partial charge >= 0.3 is 0 Å². The Labute approximate surface area is 109 Å². The van der Waals surface area contributed by atoms with Gasteiger partial charge in [0.25, 0.3) is 0 Å². The number of ether oxygens (including phenoxy) is 1. The fraction of sp³-hybridized carbons (Fsp3) is 0.929. The van der Waals surface area contributed by atoms with Crippen molar-refractivity contribution in [3.05, 3.63) is 0 Å². The Morgan fingerprint density at radius 1 is 1.11 bits per heavy atom. The summed E-state index contributed by atoms with van der Waals surface area (Å²) in [5, 5.41) is 12.5. The second kappa shape index (κ2) is 7.10. The molecule has 1 amide bonds. The molecule has 0 spiro atoms. The zero-order valence-electron chi connectivity index (χ0n) is 11.1. The molecule has 18 heavy (non-hydrogen) atoms. The molecule has 0 radical (unpaired) electrons. The average molecular weight is 255 g/mol. The lowest BCUT2D eigenvalue weighted by atomic mass is 9.87. The zero-order chi connectivity index (χ0) is 12.8. The summed E-state index contributed by atoms with van der Waals surface area (Å²) >= 11 is 0.